The van der Waals surface area contributed by atoms with Gasteiger partial charge in [-0.05, 0) is 11.6 Å². The van der Waals surface area contributed by atoms with Gasteiger partial charge in [0.15, 0.2) is 0 Å². The highest BCUT2D eigenvalue weighted by Crippen LogP contribution is 2.16. The zero-order valence-corrected chi connectivity index (χ0v) is 10.4. The van der Waals surface area contributed by atoms with E-state index in [-0.39, 0.29) is 0 Å². The van der Waals surface area contributed by atoms with Gasteiger partial charge >= 0.3 is 0 Å². The number of thiocarbonyl (C=S) groups is 1. The summed E-state index contributed by atoms with van der Waals surface area (Å²) in [4.78, 5) is 6.03. The maximum Gasteiger partial charge on any atom is 0.145 e. The van der Waals surface area contributed by atoms with Crippen LogP contribution in [0, 0.1) is 0 Å². The monoisotopic (exact) mass is 248 g/mol. The topological polar surface area (TPSA) is 15.6 Å². The van der Waals surface area contributed by atoms with Crippen molar-refractivity contribution in [1.29, 1.82) is 0 Å². The molecule has 0 N–H and O–H groups in total. The average molecular weight is 248 g/mol. The van der Waals surface area contributed by atoms with E-state index in [1.165, 1.54) is 5.56 Å². The molecule has 0 unspecified atom stereocenters. The maximum atomic E-state index is 5.32. The van der Waals surface area contributed by atoms with Crippen LogP contribution in [-0.2, 0) is 5.75 Å². The fourth-order valence-corrected chi connectivity index (χ4v) is 2.32. The Kier molecular flexibility index (Phi) is 4.13. The van der Waals surface area contributed by atoms with Crippen molar-refractivity contribution in [2.24, 2.45) is 4.99 Å². The van der Waals surface area contributed by atoms with Crippen LogP contribution < -0.4 is 0 Å². The number of aliphatic imine (C=N–C) groups is 1. The van der Waals surface area contributed by atoms with E-state index in [9.17, 15) is 0 Å². The highest BCUT2D eigenvalue weighted by Gasteiger charge is 2.06. The van der Waals surface area contributed by atoms with Gasteiger partial charge in [0.05, 0.1) is 12.9 Å². The van der Waals surface area contributed by atoms with Crippen LogP contribution in [0.15, 0.2) is 47.6 Å². The molecule has 0 aromatic heterocycles. The molecule has 0 fully saturated rings. The second-order valence-electron chi connectivity index (χ2n) is 3.31. The summed E-state index contributed by atoms with van der Waals surface area (Å²) in [6, 6.07) is 10.3. The van der Waals surface area contributed by atoms with E-state index in [1.807, 2.05) is 35.4 Å². The molecule has 0 bridgehead atoms. The van der Waals surface area contributed by atoms with Crippen molar-refractivity contribution in [2.75, 3.05) is 6.54 Å². The van der Waals surface area contributed by atoms with Crippen molar-refractivity contribution in [2.45, 2.75) is 5.75 Å². The summed E-state index contributed by atoms with van der Waals surface area (Å²) < 4.78 is 0.837. The zero-order valence-electron chi connectivity index (χ0n) is 8.74. The molecule has 0 aliphatic carbocycles. The minimum atomic E-state index is 0.752. The van der Waals surface area contributed by atoms with Gasteiger partial charge in [0.1, 0.15) is 4.32 Å². The lowest BCUT2D eigenvalue weighted by Gasteiger charge is -2.17. The van der Waals surface area contributed by atoms with Crippen LogP contribution in [0.25, 0.3) is 0 Å². The molecular weight excluding hydrogens is 236 g/mol. The first-order valence-electron chi connectivity index (χ1n) is 5.02. The maximum absolute atomic E-state index is 5.32. The van der Waals surface area contributed by atoms with E-state index in [2.05, 4.69) is 17.1 Å². The molecule has 1 aliphatic heterocycles. The van der Waals surface area contributed by atoms with Crippen molar-refractivity contribution in [3.63, 3.8) is 0 Å². The van der Waals surface area contributed by atoms with Gasteiger partial charge in [0.2, 0.25) is 0 Å². The number of nitrogens with zero attached hydrogens (tertiary/aromatic N) is 2. The molecule has 1 aromatic carbocycles. The van der Waals surface area contributed by atoms with E-state index in [0.29, 0.717) is 0 Å². The summed E-state index contributed by atoms with van der Waals surface area (Å²) in [6.07, 6.45) is 5.74. The van der Waals surface area contributed by atoms with Gasteiger partial charge in [0.25, 0.3) is 0 Å². The van der Waals surface area contributed by atoms with E-state index in [1.54, 1.807) is 18.1 Å². The number of hydrogen-bond donors (Lipinski definition) is 0. The van der Waals surface area contributed by atoms with Crippen molar-refractivity contribution < 1.29 is 0 Å². The summed E-state index contributed by atoms with van der Waals surface area (Å²) in [5.41, 5.74) is 1.28. The smallest absolute Gasteiger partial charge is 0.145 e. The Morgan fingerprint density at radius 3 is 2.88 bits per heavy atom. The summed E-state index contributed by atoms with van der Waals surface area (Å²) in [6.45, 7) is 0.752. The molecule has 2 rings (SSSR count). The normalized spacial score (nSPS) is 14.1. The SMILES string of the molecule is S=C(SCc1ccccc1)N1C=CCN=C1. The second kappa shape index (κ2) is 5.82. The highest BCUT2D eigenvalue weighted by molar-refractivity contribution is 8.22. The first-order chi connectivity index (χ1) is 7.86. The quantitative estimate of drug-likeness (QED) is 0.748. The molecule has 82 valence electrons. The molecule has 0 spiro atoms. The van der Waals surface area contributed by atoms with Gasteiger partial charge in [0, 0.05) is 12.0 Å². The van der Waals surface area contributed by atoms with Crippen LogP contribution in [0.3, 0.4) is 0 Å². The summed E-state index contributed by atoms with van der Waals surface area (Å²) >= 11 is 6.97. The lowest BCUT2D eigenvalue weighted by atomic mass is 10.2. The molecular formula is C12H12N2S2. The summed E-state index contributed by atoms with van der Waals surface area (Å²) in [7, 11) is 0. The Hall–Kier alpha value is -1.13. The Bertz CT molecular complexity index is 400. The molecule has 16 heavy (non-hydrogen) atoms. The van der Waals surface area contributed by atoms with Crippen LogP contribution in [-0.4, -0.2) is 22.1 Å². The van der Waals surface area contributed by atoms with Crippen molar-refractivity contribution in [3.05, 3.63) is 48.2 Å². The molecule has 0 saturated heterocycles. The standard InChI is InChI=1S/C12H12N2S2/c15-12(14-8-4-7-13-10-14)16-9-11-5-2-1-3-6-11/h1-6,8,10H,7,9H2. The number of hydrogen-bond acceptors (Lipinski definition) is 3. The predicted molar refractivity (Wildman–Crippen MR) is 74.7 cm³/mol. The van der Waals surface area contributed by atoms with Gasteiger partial charge < -0.3 is 0 Å². The van der Waals surface area contributed by atoms with E-state index in [4.69, 9.17) is 12.2 Å². The first-order valence-corrected chi connectivity index (χ1v) is 6.41. The fourth-order valence-electron chi connectivity index (χ4n) is 1.30. The Labute approximate surface area is 105 Å². The lowest BCUT2D eigenvalue weighted by molar-refractivity contribution is 0.855. The molecule has 0 atom stereocenters. The van der Waals surface area contributed by atoms with Crippen LogP contribution in [0.2, 0.25) is 0 Å². The Balaban J connectivity index is 1.86. The molecule has 0 radical (unpaired) electrons. The zero-order chi connectivity index (χ0) is 11.2. The largest absolute Gasteiger partial charge is 0.294 e. The predicted octanol–water partition coefficient (Wildman–Crippen LogP) is 3.06. The minimum absolute atomic E-state index is 0.752. The molecule has 0 amide bonds. The van der Waals surface area contributed by atoms with Crippen LogP contribution in [0.4, 0.5) is 0 Å². The van der Waals surface area contributed by atoms with Crippen LogP contribution >= 0.6 is 24.0 Å². The number of benzene rings is 1. The third-order valence-corrected chi connectivity index (χ3v) is 3.60. The van der Waals surface area contributed by atoms with Gasteiger partial charge in [-0.2, -0.15) is 0 Å². The van der Waals surface area contributed by atoms with Gasteiger partial charge in [-0.15, -0.1) is 0 Å². The van der Waals surface area contributed by atoms with Gasteiger partial charge in [-0.25, -0.2) is 0 Å². The molecule has 1 aromatic rings. The number of thioether (sulfide) groups is 1. The van der Waals surface area contributed by atoms with Gasteiger partial charge in [-0.3, -0.25) is 9.89 Å². The third-order valence-electron chi connectivity index (χ3n) is 2.10. The fraction of sp³-hybridized carbons (Fsp3) is 0.167. The van der Waals surface area contributed by atoms with Gasteiger partial charge in [-0.1, -0.05) is 54.3 Å². The summed E-state index contributed by atoms with van der Waals surface area (Å²) in [5.74, 6) is 0.901. The van der Waals surface area contributed by atoms with Crippen molar-refractivity contribution in [1.82, 2.24) is 4.90 Å². The summed E-state index contributed by atoms with van der Waals surface area (Å²) in [5, 5.41) is 0. The minimum Gasteiger partial charge on any atom is -0.294 e. The van der Waals surface area contributed by atoms with E-state index in [0.717, 1.165) is 16.6 Å². The van der Waals surface area contributed by atoms with E-state index < -0.39 is 0 Å². The molecule has 4 heteroatoms. The molecule has 2 nitrogen and oxygen atoms in total. The molecule has 0 saturated carbocycles. The lowest BCUT2D eigenvalue weighted by Crippen LogP contribution is -2.21. The second-order valence-corrected chi connectivity index (χ2v) is 4.92. The average Bonchev–Trinajstić information content (AvgIpc) is 2.38. The molecule has 1 aliphatic rings. The first kappa shape index (κ1) is 11.4. The highest BCUT2D eigenvalue weighted by atomic mass is 32.2. The Morgan fingerprint density at radius 2 is 2.19 bits per heavy atom. The van der Waals surface area contributed by atoms with Crippen molar-refractivity contribution >= 4 is 34.6 Å². The van der Waals surface area contributed by atoms with Crippen molar-refractivity contribution in [3.8, 4) is 0 Å². The third kappa shape index (κ3) is 3.18. The van der Waals surface area contributed by atoms with E-state index >= 15 is 0 Å². The van der Waals surface area contributed by atoms with Crippen LogP contribution in [0.5, 0.6) is 0 Å². The molecule has 1 heterocycles. The van der Waals surface area contributed by atoms with Crippen LogP contribution in [0.1, 0.15) is 5.56 Å². The number of rotatable bonds is 2. The Morgan fingerprint density at radius 1 is 1.38 bits per heavy atom.